The predicted molar refractivity (Wildman–Crippen MR) is 92.5 cm³/mol. The molecule has 0 saturated carbocycles. The highest BCUT2D eigenvalue weighted by Gasteiger charge is 2.18. The summed E-state index contributed by atoms with van der Waals surface area (Å²) in [5.41, 5.74) is 0.646. The quantitative estimate of drug-likeness (QED) is 0.556. The van der Waals surface area contributed by atoms with Crippen molar-refractivity contribution < 1.29 is 23.8 Å². The van der Waals surface area contributed by atoms with Gasteiger partial charge in [-0.1, -0.05) is 11.6 Å². The Morgan fingerprint density at radius 1 is 1.33 bits per heavy atom. The number of rotatable bonds is 7. The Balaban J connectivity index is 2.86. The molecule has 6 nitrogen and oxygen atoms in total. The molecule has 132 valence electrons. The minimum atomic E-state index is -0.851. The molecule has 0 saturated heterocycles. The average molecular weight is 356 g/mol. The van der Waals surface area contributed by atoms with Gasteiger partial charge in [0.25, 0.3) is 5.91 Å². The second-order valence-electron chi connectivity index (χ2n) is 5.11. The summed E-state index contributed by atoms with van der Waals surface area (Å²) >= 11 is 6.14. The minimum Gasteiger partial charge on any atom is -0.491 e. The second-order valence-corrected chi connectivity index (χ2v) is 5.52. The Kier molecular flexibility index (Phi) is 7.58. The van der Waals surface area contributed by atoms with Gasteiger partial charge in [-0.2, -0.15) is 0 Å². The lowest BCUT2D eigenvalue weighted by atomic mass is 10.2. The van der Waals surface area contributed by atoms with Crippen molar-refractivity contribution in [2.45, 2.75) is 20.0 Å². The molecule has 0 aliphatic carbocycles. The van der Waals surface area contributed by atoms with E-state index in [0.717, 1.165) is 0 Å². The van der Waals surface area contributed by atoms with Crippen LogP contribution in [0.4, 0.5) is 0 Å². The van der Waals surface area contributed by atoms with Gasteiger partial charge in [0.1, 0.15) is 0 Å². The molecular formula is C17H22ClNO5. The molecule has 1 amide bonds. The summed E-state index contributed by atoms with van der Waals surface area (Å²) in [6, 6.07) is 3.34. The van der Waals surface area contributed by atoms with Gasteiger partial charge in [-0.3, -0.25) is 4.79 Å². The van der Waals surface area contributed by atoms with Crippen LogP contribution in [0.2, 0.25) is 5.02 Å². The fourth-order valence-electron chi connectivity index (χ4n) is 1.94. The van der Waals surface area contributed by atoms with Gasteiger partial charge in [0.15, 0.2) is 17.6 Å². The standard InChI is InChI=1S/C17H22ClNO5/c1-6-23-14-10-12(9-13(18)16(14)22-5)7-8-15(20)24-11(2)17(21)19(3)4/h7-11H,6H2,1-5H3/b8-7+/t11-/m1/s1. The van der Waals surface area contributed by atoms with Crippen LogP contribution in [0.3, 0.4) is 0 Å². The van der Waals surface area contributed by atoms with Crippen LogP contribution in [-0.4, -0.2) is 50.7 Å². The Labute approximate surface area is 146 Å². The van der Waals surface area contributed by atoms with E-state index in [-0.39, 0.29) is 5.91 Å². The van der Waals surface area contributed by atoms with Crippen LogP contribution < -0.4 is 9.47 Å². The summed E-state index contributed by atoms with van der Waals surface area (Å²) in [7, 11) is 4.69. The van der Waals surface area contributed by atoms with E-state index in [2.05, 4.69) is 0 Å². The predicted octanol–water partition coefficient (Wildman–Crippen LogP) is 2.78. The highest BCUT2D eigenvalue weighted by atomic mass is 35.5. The van der Waals surface area contributed by atoms with Crippen LogP contribution >= 0.6 is 11.6 Å². The van der Waals surface area contributed by atoms with E-state index in [0.29, 0.717) is 28.7 Å². The fourth-order valence-corrected chi connectivity index (χ4v) is 2.23. The van der Waals surface area contributed by atoms with Crippen molar-refractivity contribution in [2.24, 2.45) is 0 Å². The van der Waals surface area contributed by atoms with E-state index in [9.17, 15) is 9.59 Å². The highest BCUT2D eigenvalue weighted by Crippen LogP contribution is 2.36. The summed E-state index contributed by atoms with van der Waals surface area (Å²) in [6.07, 6.45) is 1.91. The van der Waals surface area contributed by atoms with Crippen molar-refractivity contribution in [3.63, 3.8) is 0 Å². The number of methoxy groups -OCH3 is 1. The number of likely N-dealkylation sites (N-methyl/N-ethyl adjacent to an activating group) is 1. The third-order valence-electron chi connectivity index (χ3n) is 3.03. The molecule has 7 heteroatoms. The molecule has 0 fully saturated rings. The van der Waals surface area contributed by atoms with Crippen LogP contribution in [-0.2, 0) is 14.3 Å². The Bertz CT molecular complexity index is 628. The van der Waals surface area contributed by atoms with E-state index in [1.165, 1.54) is 31.1 Å². The number of carbonyl (C=O) groups is 2. The molecule has 0 heterocycles. The largest absolute Gasteiger partial charge is 0.491 e. The number of nitrogens with zero attached hydrogens (tertiary/aromatic N) is 1. The molecule has 0 aliphatic heterocycles. The lowest BCUT2D eigenvalue weighted by Gasteiger charge is -2.16. The number of benzene rings is 1. The number of carbonyl (C=O) groups excluding carboxylic acids is 2. The normalized spacial score (nSPS) is 11.9. The Morgan fingerprint density at radius 2 is 2.00 bits per heavy atom. The molecule has 0 bridgehead atoms. The van der Waals surface area contributed by atoms with E-state index in [1.54, 1.807) is 26.2 Å². The van der Waals surface area contributed by atoms with Gasteiger partial charge in [0.05, 0.1) is 18.7 Å². The maximum Gasteiger partial charge on any atom is 0.331 e. The highest BCUT2D eigenvalue weighted by molar-refractivity contribution is 6.32. The molecule has 0 unspecified atom stereocenters. The molecule has 0 N–H and O–H groups in total. The number of hydrogen-bond donors (Lipinski definition) is 0. The van der Waals surface area contributed by atoms with Crippen molar-refractivity contribution in [3.8, 4) is 11.5 Å². The lowest BCUT2D eigenvalue weighted by molar-refractivity contribution is -0.153. The summed E-state index contributed by atoms with van der Waals surface area (Å²) in [5, 5.41) is 0.368. The van der Waals surface area contributed by atoms with Crippen LogP contribution in [0.5, 0.6) is 11.5 Å². The first-order valence-electron chi connectivity index (χ1n) is 7.40. The van der Waals surface area contributed by atoms with Crippen LogP contribution in [0.15, 0.2) is 18.2 Å². The van der Waals surface area contributed by atoms with Gasteiger partial charge >= 0.3 is 5.97 Å². The number of ether oxygens (including phenoxy) is 3. The van der Waals surface area contributed by atoms with Gasteiger partial charge in [0, 0.05) is 20.2 Å². The van der Waals surface area contributed by atoms with Crippen molar-refractivity contribution in [2.75, 3.05) is 27.8 Å². The number of hydrogen-bond acceptors (Lipinski definition) is 5. The number of amides is 1. The molecule has 0 spiro atoms. The molecular weight excluding hydrogens is 334 g/mol. The van der Waals surface area contributed by atoms with Crippen molar-refractivity contribution in [1.82, 2.24) is 4.90 Å². The van der Waals surface area contributed by atoms with Crippen molar-refractivity contribution in [3.05, 3.63) is 28.8 Å². The van der Waals surface area contributed by atoms with Crippen molar-refractivity contribution in [1.29, 1.82) is 0 Å². The Hall–Kier alpha value is -2.21. The van der Waals surface area contributed by atoms with E-state index >= 15 is 0 Å². The fraction of sp³-hybridized carbons (Fsp3) is 0.412. The van der Waals surface area contributed by atoms with E-state index in [1.807, 2.05) is 6.92 Å². The molecule has 0 aromatic heterocycles. The minimum absolute atomic E-state index is 0.289. The maximum absolute atomic E-state index is 11.8. The van der Waals surface area contributed by atoms with E-state index in [4.69, 9.17) is 25.8 Å². The first kappa shape index (κ1) is 19.8. The molecule has 1 aromatic carbocycles. The van der Waals surface area contributed by atoms with Crippen LogP contribution in [0.25, 0.3) is 6.08 Å². The monoisotopic (exact) mass is 355 g/mol. The number of halogens is 1. The summed E-state index contributed by atoms with van der Waals surface area (Å²) in [6.45, 7) is 3.81. The molecule has 24 heavy (non-hydrogen) atoms. The zero-order valence-corrected chi connectivity index (χ0v) is 15.2. The van der Waals surface area contributed by atoms with Gasteiger partial charge in [0.2, 0.25) is 0 Å². The van der Waals surface area contributed by atoms with Gasteiger partial charge in [-0.15, -0.1) is 0 Å². The first-order valence-corrected chi connectivity index (χ1v) is 7.78. The average Bonchev–Trinajstić information content (AvgIpc) is 2.52. The van der Waals surface area contributed by atoms with E-state index < -0.39 is 12.1 Å². The van der Waals surface area contributed by atoms with Gasteiger partial charge in [-0.05, 0) is 37.6 Å². The van der Waals surface area contributed by atoms with Gasteiger partial charge < -0.3 is 19.1 Å². The third kappa shape index (κ3) is 5.45. The first-order chi connectivity index (χ1) is 11.3. The van der Waals surface area contributed by atoms with Crippen molar-refractivity contribution >= 4 is 29.6 Å². The molecule has 0 radical (unpaired) electrons. The topological polar surface area (TPSA) is 65.1 Å². The lowest BCUT2D eigenvalue weighted by Crippen LogP contribution is -2.34. The summed E-state index contributed by atoms with van der Waals surface area (Å²) < 4.78 is 15.7. The third-order valence-corrected chi connectivity index (χ3v) is 3.31. The molecule has 0 aliphatic rings. The molecule has 1 atom stereocenters. The zero-order valence-electron chi connectivity index (χ0n) is 14.5. The Morgan fingerprint density at radius 3 is 2.54 bits per heavy atom. The summed E-state index contributed by atoms with van der Waals surface area (Å²) in [5.74, 6) is 0.00518. The second kappa shape index (κ2) is 9.17. The maximum atomic E-state index is 11.8. The van der Waals surface area contributed by atoms with Crippen LogP contribution in [0, 0.1) is 0 Å². The smallest absolute Gasteiger partial charge is 0.331 e. The molecule has 1 aromatic rings. The van der Waals surface area contributed by atoms with Crippen LogP contribution in [0.1, 0.15) is 19.4 Å². The zero-order chi connectivity index (χ0) is 18.3. The summed E-state index contributed by atoms with van der Waals surface area (Å²) in [4.78, 5) is 24.8. The SMILES string of the molecule is CCOc1cc(/C=C/C(=O)O[C@H](C)C(=O)N(C)C)cc(Cl)c1OC. The van der Waals surface area contributed by atoms with Gasteiger partial charge in [-0.25, -0.2) is 4.79 Å². The number of esters is 1. The molecule has 1 rings (SSSR count).